The molecule has 2 aromatic carbocycles. The highest BCUT2D eigenvalue weighted by Gasteiger charge is 2.12. The van der Waals surface area contributed by atoms with Crippen LogP contribution in [0.5, 0.6) is 11.5 Å². The van der Waals surface area contributed by atoms with E-state index in [9.17, 15) is 4.39 Å². The van der Waals surface area contributed by atoms with Crippen LogP contribution in [0.15, 0.2) is 48.2 Å². The molecule has 0 unspecified atom stereocenters. The van der Waals surface area contributed by atoms with Gasteiger partial charge in [-0.15, -0.1) is 0 Å². The second kappa shape index (κ2) is 6.03. The van der Waals surface area contributed by atoms with Gasteiger partial charge in [-0.3, -0.25) is 0 Å². The quantitative estimate of drug-likeness (QED) is 0.445. The predicted octanol–water partition coefficient (Wildman–Crippen LogP) is 6.67. The number of rotatable bonds is 2. The summed E-state index contributed by atoms with van der Waals surface area (Å²) in [6.07, 6.45) is 0. The third-order valence-electron chi connectivity index (χ3n) is 2.07. The SMILES string of the molecule is Fc1cc(Br)cc(Br)c1Oc1ccc(Br)cc1Br. The van der Waals surface area contributed by atoms with Gasteiger partial charge in [0, 0.05) is 8.95 Å². The van der Waals surface area contributed by atoms with Crippen molar-refractivity contribution in [3.8, 4) is 11.5 Å². The third-order valence-corrected chi connectivity index (χ3v) is 4.23. The van der Waals surface area contributed by atoms with Crippen LogP contribution in [0.2, 0.25) is 0 Å². The highest BCUT2D eigenvalue weighted by Crippen LogP contribution is 2.38. The molecule has 0 saturated heterocycles. The molecule has 0 atom stereocenters. The molecule has 2 aromatic rings. The first-order valence-electron chi connectivity index (χ1n) is 4.75. The number of halogens is 5. The molecular weight excluding hydrogens is 499 g/mol. The summed E-state index contributed by atoms with van der Waals surface area (Å²) in [5.74, 6) is 0.257. The second-order valence-electron chi connectivity index (χ2n) is 3.38. The van der Waals surface area contributed by atoms with Crippen molar-refractivity contribution in [2.24, 2.45) is 0 Å². The maximum atomic E-state index is 13.8. The van der Waals surface area contributed by atoms with Crippen molar-refractivity contribution >= 4 is 63.7 Å². The minimum atomic E-state index is -0.439. The van der Waals surface area contributed by atoms with Crippen LogP contribution in [-0.4, -0.2) is 0 Å². The molecule has 18 heavy (non-hydrogen) atoms. The van der Waals surface area contributed by atoms with Crippen LogP contribution >= 0.6 is 63.7 Å². The molecule has 6 heteroatoms. The van der Waals surface area contributed by atoms with Crippen LogP contribution in [0.3, 0.4) is 0 Å². The molecule has 0 saturated carbocycles. The van der Waals surface area contributed by atoms with Gasteiger partial charge in [-0.25, -0.2) is 4.39 Å². The summed E-state index contributed by atoms with van der Waals surface area (Å²) in [4.78, 5) is 0. The zero-order valence-corrected chi connectivity index (χ0v) is 15.0. The lowest BCUT2D eigenvalue weighted by molar-refractivity contribution is 0.436. The van der Waals surface area contributed by atoms with Crippen LogP contribution in [0.1, 0.15) is 0 Å². The molecule has 0 amide bonds. The minimum absolute atomic E-state index is 0.154. The Kier molecular flexibility index (Phi) is 4.86. The van der Waals surface area contributed by atoms with Gasteiger partial charge in [0.25, 0.3) is 0 Å². The van der Waals surface area contributed by atoms with E-state index in [-0.39, 0.29) is 5.75 Å². The summed E-state index contributed by atoms with van der Waals surface area (Å²) in [7, 11) is 0. The summed E-state index contributed by atoms with van der Waals surface area (Å²) < 4.78 is 22.2. The van der Waals surface area contributed by atoms with Crippen molar-refractivity contribution in [1.82, 2.24) is 0 Å². The molecule has 0 bridgehead atoms. The van der Waals surface area contributed by atoms with Gasteiger partial charge >= 0.3 is 0 Å². The Bertz CT molecular complexity index is 578. The number of ether oxygens (including phenoxy) is 1. The molecule has 1 nitrogen and oxygen atoms in total. The zero-order valence-electron chi connectivity index (χ0n) is 8.68. The lowest BCUT2D eigenvalue weighted by Crippen LogP contribution is -1.91. The van der Waals surface area contributed by atoms with Gasteiger partial charge in [0.1, 0.15) is 5.75 Å². The van der Waals surface area contributed by atoms with Gasteiger partial charge in [0.15, 0.2) is 11.6 Å². The third kappa shape index (κ3) is 3.35. The van der Waals surface area contributed by atoms with Crippen LogP contribution < -0.4 is 4.74 Å². The van der Waals surface area contributed by atoms with Crippen LogP contribution in [0, 0.1) is 5.82 Å². The standard InChI is InChI=1S/C12H5Br4FO/c13-6-1-2-11(8(15)3-6)18-12-9(16)4-7(14)5-10(12)17/h1-5H. The fraction of sp³-hybridized carbons (Fsp3) is 0. The van der Waals surface area contributed by atoms with Crippen molar-refractivity contribution in [3.05, 3.63) is 54.0 Å². The Morgan fingerprint density at radius 1 is 0.833 bits per heavy atom. The van der Waals surface area contributed by atoms with Crippen molar-refractivity contribution in [3.63, 3.8) is 0 Å². The van der Waals surface area contributed by atoms with E-state index in [1.165, 1.54) is 6.07 Å². The molecular formula is C12H5Br4FO. The van der Waals surface area contributed by atoms with E-state index in [0.717, 1.165) is 8.95 Å². The Balaban J connectivity index is 2.40. The average Bonchev–Trinajstić information content (AvgIpc) is 2.25. The molecule has 0 heterocycles. The molecule has 0 fully saturated rings. The van der Waals surface area contributed by atoms with Crippen molar-refractivity contribution in [2.45, 2.75) is 0 Å². The minimum Gasteiger partial charge on any atom is -0.452 e. The molecule has 0 aliphatic rings. The van der Waals surface area contributed by atoms with Crippen molar-refractivity contribution in [2.75, 3.05) is 0 Å². The maximum absolute atomic E-state index is 13.8. The average molecular weight is 504 g/mol. The van der Waals surface area contributed by atoms with Gasteiger partial charge in [0.05, 0.1) is 8.95 Å². The molecule has 2 rings (SSSR count). The highest BCUT2D eigenvalue weighted by atomic mass is 79.9. The topological polar surface area (TPSA) is 9.23 Å². The first-order chi connectivity index (χ1) is 8.47. The van der Waals surface area contributed by atoms with E-state index >= 15 is 0 Å². The van der Waals surface area contributed by atoms with E-state index in [0.29, 0.717) is 14.7 Å². The number of benzene rings is 2. The molecule has 0 aliphatic carbocycles. The van der Waals surface area contributed by atoms with E-state index in [1.54, 1.807) is 12.1 Å². The largest absolute Gasteiger partial charge is 0.452 e. The summed E-state index contributed by atoms with van der Waals surface area (Å²) in [6.45, 7) is 0. The second-order valence-corrected chi connectivity index (χ2v) is 6.92. The van der Waals surface area contributed by atoms with Crippen LogP contribution in [0.4, 0.5) is 4.39 Å². The number of hydrogen-bond donors (Lipinski definition) is 0. The fourth-order valence-corrected chi connectivity index (χ4v) is 3.68. The lowest BCUT2D eigenvalue weighted by atomic mass is 10.3. The summed E-state index contributed by atoms with van der Waals surface area (Å²) >= 11 is 13.2. The predicted molar refractivity (Wildman–Crippen MR) is 83.7 cm³/mol. The summed E-state index contributed by atoms with van der Waals surface area (Å²) in [5, 5.41) is 0. The van der Waals surface area contributed by atoms with E-state index in [4.69, 9.17) is 4.74 Å². The maximum Gasteiger partial charge on any atom is 0.177 e. The first kappa shape index (κ1) is 14.5. The molecule has 0 aliphatic heterocycles. The zero-order chi connectivity index (χ0) is 13.3. The van der Waals surface area contributed by atoms with Gasteiger partial charge in [-0.1, -0.05) is 31.9 Å². The molecule has 0 aromatic heterocycles. The Morgan fingerprint density at radius 2 is 1.50 bits per heavy atom. The van der Waals surface area contributed by atoms with Crippen LogP contribution in [-0.2, 0) is 0 Å². The van der Waals surface area contributed by atoms with Gasteiger partial charge < -0.3 is 4.74 Å². The number of hydrogen-bond acceptors (Lipinski definition) is 1. The molecule has 0 spiro atoms. The fourth-order valence-electron chi connectivity index (χ4n) is 1.29. The smallest absolute Gasteiger partial charge is 0.177 e. The van der Waals surface area contributed by atoms with Gasteiger partial charge in [0.2, 0.25) is 0 Å². The molecule has 94 valence electrons. The lowest BCUT2D eigenvalue weighted by Gasteiger charge is -2.11. The summed E-state index contributed by atoms with van der Waals surface area (Å²) in [6, 6.07) is 8.49. The molecule has 0 N–H and O–H groups in total. The monoisotopic (exact) mass is 500 g/mol. The van der Waals surface area contributed by atoms with Crippen molar-refractivity contribution < 1.29 is 9.13 Å². The van der Waals surface area contributed by atoms with Gasteiger partial charge in [-0.05, 0) is 62.2 Å². The first-order valence-corrected chi connectivity index (χ1v) is 7.92. The Morgan fingerprint density at radius 3 is 2.11 bits per heavy atom. The van der Waals surface area contributed by atoms with Crippen LogP contribution in [0.25, 0.3) is 0 Å². The van der Waals surface area contributed by atoms with E-state index in [2.05, 4.69) is 63.7 Å². The Labute approximate surface area is 137 Å². The van der Waals surface area contributed by atoms with E-state index < -0.39 is 5.82 Å². The highest BCUT2D eigenvalue weighted by molar-refractivity contribution is 9.11. The summed E-state index contributed by atoms with van der Waals surface area (Å²) in [5.41, 5.74) is 0. The molecule has 0 radical (unpaired) electrons. The van der Waals surface area contributed by atoms with E-state index in [1.807, 2.05) is 12.1 Å². The van der Waals surface area contributed by atoms with Gasteiger partial charge in [-0.2, -0.15) is 0 Å². The Hall–Kier alpha value is 0.0900. The normalized spacial score (nSPS) is 10.5. The van der Waals surface area contributed by atoms with Crippen molar-refractivity contribution in [1.29, 1.82) is 0 Å².